The van der Waals surface area contributed by atoms with Crippen molar-refractivity contribution in [3.05, 3.63) is 28.7 Å². The van der Waals surface area contributed by atoms with Crippen molar-refractivity contribution in [1.82, 2.24) is 9.97 Å². The third-order valence-corrected chi connectivity index (χ3v) is 2.68. The molecule has 0 saturated heterocycles. The molecule has 0 radical (unpaired) electrons. The fourth-order valence-electron chi connectivity index (χ4n) is 1.60. The second-order valence-corrected chi connectivity index (χ2v) is 4.66. The average molecular weight is 299 g/mol. The van der Waals surface area contributed by atoms with E-state index in [4.69, 9.17) is 16.3 Å². The van der Waals surface area contributed by atoms with Crippen LogP contribution in [0.1, 0.15) is 24.2 Å². The number of hydrogen-bond acceptors (Lipinski definition) is 5. The first-order valence-electron chi connectivity index (χ1n) is 5.84. The highest BCUT2D eigenvalue weighted by molar-refractivity contribution is 6.31. The van der Waals surface area contributed by atoms with Crippen LogP contribution in [0.5, 0.6) is 5.88 Å². The second-order valence-electron chi connectivity index (χ2n) is 4.30. The summed E-state index contributed by atoms with van der Waals surface area (Å²) in [5.74, 6) is -1.40. The van der Waals surface area contributed by atoms with Crippen LogP contribution in [0.25, 0.3) is 11.0 Å². The Labute approximate surface area is 119 Å². The van der Waals surface area contributed by atoms with Gasteiger partial charge in [0, 0.05) is 6.07 Å². The predicted octanol–water partition coefficient (Wildman–Crippen LogP) is 3.00. The normalized spacial score (nSPS) is 10.9. The lowest BCUT2D eigenvalue weighted by molar-refractivity contribution is 0.0595. The maximum absolute atomic E-state index is 13.8. The van der Waals surface area contributed by atoms with E-state index in [9.17, 15) is 9.18 Å². The number of aromatic nitrogens is 2. The fourth-order valence-corrected chi connectivity index (χ4v) is 1.78. The van der Waals surface area contributed by atoms with E-state index in [1.807, 2.05) is 13.8 Å². The van der Waals surface area contributed by atoms with E-state index >= 15 is 0 Å². The Morgan fingerprint density at radius 3 is 2.55 bits per heavy atom. The molecule has 1 aromatic carbocycles. The molecule has 2 rings (SSSR count). The van der Waals surface area contributed by atoms with Crippen molar-refractivity contribution in [2.75, 3.05) is 7.11 Å². The highest BCUT2D eigenvalue weighted by Gasteiger charge is 2.17. The molecule has 0 spiro atoms. The molecule has 0 aliphatic carbocycles. The van der Waals surface area contributed by atoms with E-state index in [1.54, 1.807) is 0 Å². The molecule has 20 heavy (non-hydrogen) atoms. The van der Waals surface area contributed by atoms with Gasteiger partial charge in [0.05, 0.1) is 29.8 Å². The number of halogens is 2. The Bertz CT molecular complexity index is 676. The lowest BCUT2D eigenvalue weighted by atomic mass is 10.2. The van der Waals surface area contributed by atoms with E-state index < -0.39 is 11.8 Å². The smallest absolute Gasteiger partial charge is 0.340 e. The molecule has 0 fully saturated rings. The summed E-state index contributed by atoms with van der Waals surface area (Å²) in [7, 11) is 1.17. The van der Waals surface area contributed by atoms with Gasteiger partial charge in [-0.05, 0) is 19.9 Å². The molecule has 106 valence electrons. The van der Waals surface area contributed by atoms with Crippen molar-refractivity contribution in [3.63, 3.8) is 0 Å². The van der Waals surface area contributed by atoms with Crippen LogP contribution in [0, 0.1) is 5.82 Å². The number of ether oxygens (including phenoxy) is 2. The Kier molecular flexibility index (Phi) is 4.04. The number of methoxy groups -OCH3 is 1. The van der Waals surface area contributed by atoms with Crippen molar-refractivity contribution in [1.29, 1.82) is 0 Å². The molecule has 5 nitrogen and oxygen atoms in total. The summed E-state index contributed by atoms with van der Waals surface area (Å²) >= 11 is 5.94. The molecule has 0 aliphatic heterocycles. The standard InChI is InChI=1S/C13H12ClFN2O3/c1-6(2)20-12-11(14)16-9-4-7(13(18)19-3)8(15)5-10(9)17-12/h4-6H,1-3H3. The number of carbonyl (C=O) groups is 1. The quantitative estimate of drug-likeness (QED) is 0.815. The summed E-state index contributed by atoms with van der Waals surface area (Å²) in [6.07, 6.45) is -0.140. The minimum Gasteiger partial charge on any atom is -0.473 e. The molecule has 0 atom stereocenters. The van der Waals surface area contributed by atoms with E-state index in [1.165, 1.54) is 13.2 Å². The predicted molar refractivity (Wildman–Crippen MR) is 71.6 cm³/mol. The molecular weight excluding hydrogens is 287 g/mol. The molecule has 0 unspecified atom stereocenters. The van der Waals surface area contributed by atoms with Gasteiger partial charge in [-0.15, -0.1) is 0 Å². The fraction of sp³-hybridized carbons (Fsp3) is 0.308. The first-order chi connectivity index (χ1) is 9.42. The lowest BCUT2D eigenvalue weighted by Crippen LogP contribution is -2.09. The first kappa shape index (κ1) is 14.5. The summed E-state index contributed by atoms with van der Waals surface area (Å²) in [6, 6.07) is 2.34. The SMILES string of the molecule is COC(=O)c1cc2nc(Cl)c(OC(C)C)nc2cc1F. The van der Waals surface area contributed by atoms with Crippen molar-refractivity contribution in [2.24, 2.45) is 0 Å². The molecule has 0 aliphatic rings. The van der Waals surface area contributed by atoms with Crippen molar-refractivity contribution in [2.45, 2.75) is 20.0 Å². The summed E-state index contributed by atoms with van der Waals surface area (Å²) in [4.78, 5) is 19.6. The minimum absolute atomic E-state index is 0.0497. The van der Waals surface area contributed by atoms with Crippen LogP contribution in [0.4, 0.5) is 4.39 Å². The number of benzene rings is 1. The minimum atomic E-state index is -0.787. The average Bonchev–Trinajstić information content (AvgIpc) is 2.38. The van der Waals surface area contributed by atoms with Gasteiger partial charge in [0.2, 0.25) is 0 Å². The van der Waals surface area contributed by atoms with Crippen LogP contribution in [0.2, 0.25) is 5.15 Å². The molecule has 1 heterocycles. The summed E-state index contributed by atoms with van der Waals surface area (Å²) in [6.45, 7) is 3.62. The zero-order valence-corrected chi connectivity index (χ0v) is 11.9. The Hall–Kier alpha value is -1.95. The number of rotatable bonds is 3. The van der Waals surface area contributed by atoms with Gasteiger partial charge >= 0.3 is 5.97 Å². The molecule has 0 amide bonds. The number of hydrogen-bond donors (Lipinski definition) is 0. The van der Waals surface area contributed by atoms with Gasteiger partial charge < -0.3 is 9.47 Å². The molecule has 0 N–H and O–H groups in total. The maximum Gasteiger partial charge on any atom is 0.340 e. The number of fused-ring (bicyclic) bond motifs is 1. The van der Waals surface area contributed by atoms with E-state index in [2.05, 4.69) is 14.7 Å². The Balaban J connectivity index is 2.58. The zero-order valence-electron chi connectivity index (χ0n) is 11.1. The van der Waals surface area contributed by atoms with Gasteiger partial charge in [-0.3, -0.25) is 0 Å². The Morgan fingerprint density at radius 2 is 1.95 bits per heavy atom. The van der Waals surface area contributed by atoms with Crippen LogP contribution in [0.15, 0.2) is 12.1 Å². The first-order valence-corrected chi connectivity index (χ1v) is 6.22. The molecule has 7 heteroatoms. The molecular formula is C13H12ClFN2O3. The molecule has 1 aromatic heterocycles. The summed E-state index contributed by atoms with van der Waals surface area (Å²) in [5.41, 5.74) is 0.311. The highest BCUT2D eigenvalue weighted by Crippen LogP contribution is 2.26. The number of nitrogens with zero attached hydrogens (tertiary/aromatic N) is 2. The summed E-state index contributed by atoms with van der Waals surface area (Å²) < 4.78 is 23.7. The summed E-state index contributed by atoms with van der Waals surface area (Å²) in [5, 5.41) is 0.0497. The number of esters is 1. The third kappa shape index (κ3) is 2.80. The monoisotopic (exact) mass is 298 g/mol. The van der Waals surface area contributed by atoms with Crippen LogP contribution in [-0.4, -0.2) is 29.2 Å². The zero-order chi connectivity index (χ0) is 14.9. The topological polar surface area (TPSA) is 61.3 Å². The third-order valence-electron chi connectivity index (χ3n) is 2.43. The second kappa shape index (κ2) is 5.58. The number of carbonyl (C=O) groups excluding carboxylic acids is 1. The van der Waals surface area contributed by atoms with E-state index in [-0.39, 0.29) is 33.7 Å². The van der Waals surface area contributed by atoms with Crippen LogP contribution < -0.4 is 4.74 Å². The lowest BCUT2D eigenvalue weighted by Gasteiger charge is -2.11. The highest BCUT2D eigenvalue weighted by atomic mass is 35.5. The van der Waals surface area contributed by atoms with Gasteiger partial charge in [0.25, 0.3) is 5.88 Å². The van der Waals surface area contributed by atoms with Crippen molar-refractivity contribution < 1.29 is 18.7 Å². The van der Waals surface area contributed by atoms with Crippen LogP contribution in [-0.2, 0) is 4.74 Å². The molecule has 0 saturated carbocycles. The Morgan fingerprint density at radius 1 is 1.30 bits per heavy atom. The van der Waals surface area contributed by atoms with Gasteiger partial charge in [-0.1, -0.05) is 11.6 Å². The molecule has 0 bridgehead atoms. The van der Waals surface area contributed by atoms with Gasteiger partial charge in [0.15, 0.2) is 5.15 Å². The maximum atomic E-state index is 13.8. The van der Waals surface area contributed by atoms with Crippen molar-refractivity contribution in [3.8, 4) is 5.88 Å². The van der Waals surface area contributed by atoms with Gasteiger partial charge in [-0.25, -0.2) is 19.2 Å². The van der Waals surface area contributed by atoms with Crippen molar-refractivity contribution >= 4 is 28.6 Å². The van der Waals surface area contributed by atoms with E-state index in [0.29, 0.717) is 0 Å². The van der Waals surface area contributed by atoms with E-state index in [0.717, 1.165) is 6.07 Å². The van der Waals surface area contributed by atoms with Crippen LogP contribution in [0.3, 0.4) is 0 Å². The molecule has 2 aromatic rings. The van der Waals surface area contributed by atoms with Gasteiger partial charge in [-0.2, -0.15) is 0 Å². The largest absolute Gasteiger partial charge is 0.473 e. The van der Waals surface area contributed by atoms with Crippen LogP contribution >= 0.6 is 11.6 Å². The van der Waals surface area contributed by atoms with Gasteiger partial charge in [0.1, 0.15) is 5.82 Å².